The van der Waals surface area contributed by atoms with Crippen LogP contribution in [0.15, 0.2) is 48.0 Å². The van der Waals surface area contributed by atoms with E-state index in [0.717, 1.165) is 6.07 Å². The van der Waals surface area contributed by atoms with Crippen LogP contribution < -0.4 is 10.1 Å². The number of rotatable bonds is 5. The van der Waals surface area contributed by atoms with Crippen LogP contribution in [0.2, 0.25) is 0 Å². The van der Waals surface area contributed by atoms with Gasteiger partial charge in [-0.25, -0.2) is 0 Å². The van der Waals surface area contributed by atoms with E-state index in [0.29, 0.717) is 18.0 Å². The standard InChI is InChI=1S/C18H16N2O4/c1-2-24-16-7-4-14(5-8-16)20-18(23)13(11-19)9-12-3-6-15(21)10-17(12)22/h3-10,21-22H,2H2,1H3,(H,20,23). The normalized spacial score (nSPS) is 10.8. The molecule has 2 aromatic rings. The third-order valence-corrected chi connectivity index (χ3v) is 3.10. The Morgan fingerprint density at radius 3 is 2.54 bits per heavy atom. The number of nitrogens with one attached hydrogen (secondary N) is 1. The van der Waals surface area contributed by atoms with E-state index >= 15 is 0 Å². The molecule has 0 aliphatic carbocycles. The van der Waals surface area contributed by atoms with Gasteiger partial charge < -0.3 is 20.3 Å². The van der Waals surface area contributed by atoms with Crippen molar-refractivity contribution in [3.8, 4) is 23.3 Å². The summed E-state index contributed by atoms with van der Waals surface area (Å²) in [6.45, 7) is 2.42. The predicted octanol–water partition coefficient (Wildman–Crippen LogP) is 3.04. The van der Waals surface area contributed by atoms with E-state index in [4.69, 9.17) is 10.00 Å². The highest BCUT2D eigenvalue weighted by molar-refractivity contribution is 6.09. The largest absolute Gasteiger partial charge is 0.508 e. The van der Waals surface area contributed by atoms with E-state index in [2.05, 4.69) is 5.32 Å². The van der Waals surface area contributed by atoms with Crippen LogP contribution in [0.4, 0.5) is 5.69 Å². The number of nitrogens with zero attached hydrogens (tertiary/aromatic N) is 1. The van der Waals surface area contributed by atoms with Crippen molar-refractivity contribution in [2.75, 3.05) is 11.9 Å². The topological polar surface area (TPSA) is 103 Å². The Morgan fingerprint density at radius 2 is 1.96 bits per heavy atom. The summed E-state index contributed by atoms with van der Waals surface area (Å²) in [7, 11) is 0. The average molecular weight is 324 g/mol. The molecular weight excluding hydrogens is 308 g/mol. The van der Waals surface area contributed by atoms with Gasteiger partial charge in [0.25, 0.3) is 5.91 Å². The van der Waals surface area contributed by atoms with Crippen LogP contribution in [0.25, 0.3) is 6.08 Å². The molecule has 0 fully saturated rings. The molecule has 0 bridgehead atoms. The number of carbonyl (C=O) groups is 1. The van der Waals surface area contributed by atoms with Crippen molar-refractivity contribution < 1.29 is 19.7 Å². The molecule has 0 radical (unpaired) electrons. The van der Waals surface area contributed by atoms with E-state index in [1.54, 1.807) is 30.3 Å². The molecule has 0 unspecified atom stereocenters. The van der Waals surface area contributed by atoms with Gasteiger partial charge in [0.15, 0.2) is 0 Å². The zero-order valence-corrected chi connectivity index (χ0v) is 13.0. The van der Waals surface area contributed by atoms with Gasteiger partial charge in [-0.1, -0.05) is 0 Å². The number of phenolic OH excluding ortho intramolecular Hbond substituents is 2. The SMILES string of the molecule is CCOc1ccc(NC(=O)C(C#N)=Cc2ccc(O)cc2O)cc1. The fourth-order valence-corrected chi connectivity index (χ4v) is 1.96. The first-order chi connectivity index (χ1) is 11.5. The molecule has 0 heterocycles. The minimum atomic E-state index is -0.603. The van der Waals surface area contributed by atoms with Crippen LogP contribution in [0.5, 0.6) is 17.2 Å². The first-order valence-corrected chi connectivity index (χ1v) is 7.21. The summed E-state index contributed by atoms with van der Waals surface area (Å²) in [4.78, 5) is 12.2. The summed E-state index contributed by atoms with van der Waals surface area (Å²) in [5.74, 6) is -0.256. The highest BCUT2D eigenvalue weighted by Gasteiger charge is 2.11. The Hall–Kier alpha value is -3.46. The summed E-state index contributed by atoms with van der Waals surface area (Å²) >= 11 is 0. The Bertz CT molecular complexity index is 805. The lowest BCUT2D eigenvalue weighted by atomic mass is 10.1. The number of phenols is 2. The molecule has 1 amide bonds. The third kappa shape index (κ3) is 4.27. The molecule has 3 N–H and O–H groups in total. The molecule has 0 saturated carbocycles. The maximum Gasteiger partial charge on any atom is 0.266 e. The van der Waals surface area contributed by atoms with Crippen molar-refractivity contribution >= 4 is 17.7 Å². The lowest BCUT2D eigenvalue weighted by Crippen LogP contribution is -2.13. The Kier molecular flexibility index (Phi) is 5.42. The molecule has 0 atom stereocenters. The van der Waals surface area contributed by atoms with Crippen LogP contribution in [-0.2, 0) is 4.79 Å². The van der Waals surface area contributed by atoms with Crippen molar-refractivity contribution in [2.45, 2.75) is 6.92 Å². The predicted molar refractivity (Wildman–Crippen MR) is 89.6 cm³/mol. The molecule has 0 aromatic heterocycles. The first-order valence-electron chi connectivity index (χ1n) is 7.21. The van der Waals surface area contributed by atoms with Gasteiger partial charge in [0.2, 0.25) is 0 Å². The van der Waals surface area contributed by atoms with Crippen LogP contribution in [-0.4, -0.2) is 22.7 Å². The van der Waals surface area contributed by atoms with E-state index in [1.165, 1.54) is 18.2 Å². The smallest absolute Gasteiger partial charge is 0.266 e. The summed E-state index contributed by atoms with van der Waals surface area (Å²) in [5.41, 5.74) is 0.593. The van der Waals surface area contributed by atoms with Crippen molar-refractivity contribution in [3.05, 3.63) is 53.6 Å². The monoisotopic (exact) mass is 324 g/mol. The molecule has 0 saturated heterocycles. The molecule has 122 valence electrons. The number of benzene rings is 2. The second-order valence-corrected chi connectivity index (χ2v) is 4.82. The quantitative estimate of drug-likeness (QED) is 0.579. The molecule has 0 aliphatic rings. The Morgan fingerprint density at radius 1 is 1.25 bits per heavy atom. The lowest BCUT2D eigenvalue weighted by molar-refractivity contribution is -0.112. The van der Waals surface area contributed by atoms with Gasteiger partial charge in [0.1, 0.15) is 28.9 Å². The van der Waals surface area contributed by atoms with Gasteiger partial charge in [-0.15, -0.1) is 0 Å². The van der Waals surface area contributed by atoms with E-state index in [9.17, 15) is 15.0 Å². The Balaban J connectivity index is 2.16. The lowest BCUT2D eigenvalue weighted by Gasteiger charge is -2.07. The van der Waals surface area contributed by atoms with Crippen molar-refractivity contribution in [3.63, 3.8) is 0 Å². The molecule has 2 rings (SSSR count). The number of hydrogen-bond acceptors (Lipinski definition) is 5. The van der Waals surface area contributed by atoms with E-state index in [1.807, 2.05) is 6.92 Å². The van der Waals surface area contributed by atoms with Crippen LogP contribution in [0.3, 0.4) is 0 Å². The number of aromatic hydroxyl groups is 2. The third-order valence-electron chi connectivity index (χ3n) is 3.10. The van der Waals surface area contributed by atoms with Crippen LogP contribution in [0.1, 0.15) is 12.5 Å². The highest BCUT2D eigenvalue weighted by atomic mass is 16.5. The number of nitriles is 1. The molecular formula is C18H16N2O4. The van der Waals surface area contributed by atoms with E-state index < -0.39 is 5.91 Å². The summed E-state index contributed by atoms with van der Waals surface area (Å²) in [5, 5.41) is 30.7. The molecule has 6 heteroatoms. The van der Waals surface area contributed by atoms with Crippen molar-refractivity contribution in [1.29, 1.82) is 5.26 Å². The molecule has 0 aliphatic heterocycles. The number of ether oxygens (including phenoxy) is 1. The number of hydrogen-bond donors (Lipinski definition) is 3. The fourth-order valence-electron chi connectivity index (χ4n) is 1.96. The molecule has 2 aromatic carbocycles. The second kappa shape index (κ2) is 7.70. The zero-order chi connectivity index (χ0) is 17.5. The highest BCUT2D eigenvalue weighted by Crippen LogP contribution is 2.25. The fraction of sp³-hybridized carbons (Fsp3) is 0.111. The average Bonchev–Trinajstić information content (AvgIpc) is 2.56. The van der Waals surface area contributed by atoms with Crippen molar-refractivity contribution in [1.82, 2.24) is 0 Å². The molecule has 6 nitrogen and oxygen atoms in total. The molecule has 24 heavy (non-hydrogen) atoms. The van der Waals surface area contributed by atoms with Crippen LogP contribution in [0, 0.1) is 11.3 Å². The van der Waals surface area contributed by atoms with Gasteiger partial charge in [-0.2, -0.15) is 5.26 Å². The second-order valence-electron chi connectivity index (χ2n) is 4.82. The maximum absolute atomic E-state index is 12.2. The minimum Gasteiger partial charge on any atom is -0.508 e. The first kappa shape index (κ1) is 16.9. The summed E-state index contributed by atoms with van der Waals surface area (Å²) < 4.78 is 5.31. The Labute approximate surface area is 139 Å². The summed E-state index contributed by atoms with van der Waals surface area (Å²) in [6.07, 6.45) is 1.25. The van der Waals surface area contributed by atoms with Gasteiger partial charge in [0.05, 0.1) is 6.61 Å². The van der Waals surface area contributed by atoms with Gasteiger partial charge in [0, 0.05) is 17.3 Å². The molecule has 0 spiro atoms. The van der Waals surface area contributed by atoms with Crippen LogP contribution >= 0.6 is 0 Å². The van der Waals surface area contributed by atoms with Crippen molar-refractivity contribution in [2.24, 2.45) is 0 Å². The van der Waals surface area contributed by atoms with Gasteiger partial charge >= 0.3 is 0 Å². The zero-order valence-electron chi connectivity index (χ0n) is 13.0. The summed E-state index contributed by atoms with van der Waals surface area (Å²) in [6, 6.07) is 12.4. The maximum atomic E-state index is 12.2. The minimum absolute atomic E-state index is 0.109. The number of carbonyl (C=O) groups excluding carboxylic acids is 1. The number of anilines is 1. The van der Waals surface area contributed by atoms with E-state index in [-0.39, 0.29) is 22.6 Å². The van der Waals surface area contributed by atoms with Gasteiger partial charge in [-0.3, -0.25) is 4.79 Å². The number of amides is 1. The van der Waals surface area contributed by atoms with Gasteiger partial charge in [-0.05, 0) is 49.4 Å².